The molecule has 1 saturated heterocycles. The molecule has 0 saturated carbocycles. The quantitative estimate of drug-likeness (QED) is 0.401. The summed E-state index contributed by atoms with van der Waals surface area (Å²) < 4.78 is 0. The molecule has 0 bridgehead atoms. The fourth-order valence-electron chi connectivity index (χ4n) is 0.542. The minimum atomic E-state index is -1.08. The molecular weight excluding hydrogens is 154 g/mol. The lowest BCUT2D eigenvalue weighted by Crippen LogP contribution is -2.56. The Morgan fingerprint density at radius 2 is 1.45 bits per heavy atom. The summed E-state index contributed by atoms with van der Waals surface area (Å²) in [5, 5.41) is 15.2. The maximum atomic E-state index is 10.5. The van der Waals surface area contributed by atoms with Crippen LogP contribution >= 0.6 is 0 Å². The van der Waals surface area contributed by atoms with Crippen molar-refractivity contribution in [1.82, 2.24) is 10.6 Å². The second-order valence-electron chi connectivity index (χ2n) is 1.68. The van der Waals surface area contributed by atoms with E-state index in [4.69, 9.17) is 0 Å². The molecule has 1 aliphatic rings. The molecule has 0 aliphatic carbocycles. The van der Waals surface area contributed by atoms with Gasteiger partial charge in [-0.2, -0.15) is 0 Å². The predicted octanol–water partition coefficient (Wildman–Crippen LogP) is -1.86. The summed E-state index contributed by atoms with van der Waals surface area (Å²) in [6.45, 7) is 0. The molecule has 57 valence electrons. The highest BCUT2D eigenvalue weighted by Gasteiger charge is 2.30. The monoisotopic (exact) mass is 156 g/mol. The summed E-state index contributed by atoms with van der Waals surface area (Å²) in [5.74, 6) is -2.15. The second-order valence-corrected chi connectivity index (χ2v) is 1.68. The lowest BCUT2D eigenvalue weighted by Gasteiger charge is -2.09. The molecule has 2 N–H and O–H groups in total. The maximum Gasteiger partial charge on any atom is 0.328 e. The molecule has 0 unspecified atom stereocenters. The Balaban J connectivity index is 2.93. The molecule has 7 heteroatoms. The SMILES string of the molecule is [O]N=C1C(=O)NC(=O)NC1=O. The maximum absolute atomic E-state index is 10.5. The van der Waals surface area contributed by atoms with Crippen LogP contribution in [0.1, 0.15) is 0 Å². The third-order valence-electron chi connectivity index (χ3n) is 0.976. The van der Waals surface area contributed by atoms with E-state index in [9.17, 15) is 19.6 Å². The highest BCUT2D eigenvalue weighted by molar-refractivity contribution is 6.68. The van der Waals surface area contributed by atoms with Gasteiger partial charge in [-0.25, -0.2) is 4.79 Å². The van der Waals surface area contributed by atoms with Crippen LogP contribution in [-0.2, 0) is 14.8 Å². The highest BCUT2D eigenvalue weighted by atomic mass is 16.4. The molecule has 1 fully saturated rings. The molecule has 11 heavy (non-hydrogen) atoms. The molecule has 4 amide bonds. The Hall–Kier alpha value is -1.92. The van der Waals surface area contributed by atoms with Gasteiger partial charge in [0.2, 0.25) is 5.71 Å². The molecule has 0 aromatic carbocycles. The van der Waals surface area contributed by atoms with Crippen LogP contribution in [0, 0.1) is 0 Å². The van der Waals surface area contributed by atoms with Gasteiger partial charge in [0.05, 0.1) is 0 Å². The normalized spacial score (nSPS) is 17.5. The zero-order chi connectivity index (χ0) is 8.43. The van der Waals surface area contributed by atoms with Crippen LogP contribution in [-0.4, -0.2) is 23.6 Å². The third-order valence-corrected chi connectivity index (χ3v) is 0.976. The van der Waals surface area contributed by atoms with Crippen molar-refractivity contribution >= 4 is 23.6 Å². The van der Waals surface area contributed by atoms with Crippen LogP contribution in [0.2, 0.25) is 0 Å². The largest absolute Gasteiger partial charge is 0.328 e. The van der Waals surface area contributed by atoms with E-state index >= 15 is 0 Å². The van der Waals surface area contributed by atoms with Crippen molar-refractivity contribution in [3.63, 3.8) is 0 Å². The Kier molecular flexibility index (Phi) is 1.55. The van der Waals surface area contributed by atoms with Crippen molar-refractivity contribution in [1.29, 1.82) is 0 Å². The number of amides is 4. The highest BCUT2D eigenvalue weighted by Crippen LogP contribution is 1.86. The lowest BCUT2D eigenvalue weighted by atomic mass is 10.3. The Morgan fingerprint density at radius 3 is 1.82 bits per heavy atom. The number of hydrogen-bond acceptors (Lipinski definition) is 4. The van der Waals surface area contributed by atoms with E-state index in [2.05, 4.69) is 5.16 Å². The first-order chi connectivity index (χ1) is 5.15. The summed E-state index contributed by atoms with van der Waals surface area (Å²) in [6.07, 6.45) is 0. The van der Waals surface area contributed by atoms with E-state index in [0.717, 1.165) is 0 Å². The van der Waals surface area contributed by atoms with Crippen molar-refractivity contribution in [2.45, 2.75) is 0 Å². The molecule has 1 aliphatic heterocycles. The van der Waals surface area contributed by atoms with E-state index < -0.39 is 23.6 Å². The van der Waals surface area contributed by atoms with E-state index in [0.29, 0.717) is 0 Å². The molecule has 0 spiro atoms. The molecule has 0 atom stereocenters. The summed E-state index contributed by atoms with van der Waals surface area (Å²) in [5.41, 5.74) is -0.843. The first kappa shape index (κ1) is 7.19. The zero-order valence-electron chi connectivity index (χ0n) is 5.08. The van der Waals surface area contributed by atoms with Crippen LogP contribution in [0.15, 0.2) is 5.16 Å². The van der Waals surface area contributed by atoms with Crippen molar-refractivity contribution in [3.05, 3.63) is 0 Å². The topological polar surface area (TPSA) is 108 Å². The van der Waals surface area contributed by atoms with Crippen LogP contribution in [0.4, 0.5) is 4.79 Å². The number of carbonyl (C=O) groups is 3. The second kappa shape index (κ2) is 2.37. The van der Waals surface area contributed by atoms with Crippen LogP contribution < -0.4 is 10.6 Å². The number of urea groups is 1. The van der Waals surface area contributed by atoms with Gasteiger partial charge < -0.3 is 0 Å². The summed E-state index contributed by atoms with van der Waals surface area (Å²) in [6, 6.07) is -0.951. The number of carbonyl (C=O) groups excluding carboxylic acids is 3. The van der Waals surface area contributed by atoms with Crippen LogP contribution in [0.3, 0.4) is 0 Å². The number of nitrogens with zero attached hydrogens (tertiary/aromatic N) is 1. The Morgan fingerprint density at radius 1 is 1.00 bits per heavy atom. The first-order valence-corrected chi connectivity index (χ1v) is 2.52. The number of imide groups is 2. The van der Waals surface area contributed by atoms with E-state index in [1.54, 1.807) is 10.6 Å². The number of barbiturate groups is 1. The average molecular weight is 156 g/mol. The molecule has 0 aromatic rings. The molecular formula is C4H2N3O4. The standard InChI is InChI=1S/C4H2N3O4/c8-2-1(7-11)3(9)6-4(10)5-2/h(H2,5,6,8,9,10). The number of nitrogens with one attached hydrogen (secondary N) is 2. The van der Waals surface area contributed by atoms with Crippen molar-refractivity contribution in [2.24, 2.45) is 5.16 Å². The van der Waals surface area contributed by atoms with Gasteiger partial charge in [0, 0.05) is 0 Å². The van der Waals surface area contributed by atoms with E-state index in [-0.39, 0.29) is 0 Å². The van der Waals surface area contributed by atoms with Crippen molar-refractivity contribution in [3.8, 4) is 0 Å². The van der Waals surface area contributed by atoms with Crippen molar-refractivity contribution in [2.75, 3.05) is 0 Å². The third kappa shape index (κ3) is 1.16. The van der Waals surface area contributed by atoms with E-state index in [1.807, 2.05) is 0 Å². The number of hydrogen-bond donors (Lipinski definition) is 2. The fourth-order valence-corrected chi connectivity index (χ4v) is 0.542. The minimum absolute atomic E-state index is 0.843. The Bertz CT molecular complexity index is 247. The van der Waals surface area contributed by atoms with Gasteiger partial charge in [0.1, 0.15) is 0 Å². The van der Waals surface area contributed by atoms with Gasteiger partial charge in [0.15, 0.2) is 0 Å². The van der Waals surface area contributed by atoms with Gasteiger partial charge >= 0.3 is 6.03 Å². The summed E-state index contributed by atoms with van der Waals surface area (Å²) in [7, 11) is 0. The number of rotatable bonds is 0. The van der Waals surface area contributed by atoms with Gasteiger partial charge in [0.25, 0.3) is 11.8 Å². The van der Waals surface area contributed by atoms with Gasteiger partial charge in [-0.05, 0) is 5.16 Å². The molecule has 7 nitrogen and oxygen atoms in total. The van der Waals surface area contributed by atoms with E-state index in [1.165, 1.54) is 0 Å². The van der Waals surface area contributed by atoms with Gasteiger partial charge in [-0.1, -0.05) is 0 Å². The van der Waals surface area contributed by atoms with Gasteiger partial charge in [-0.15, -0.1) is 5.21 Å². The minimum Gasteiger partial charge on any atom is -0.272 e. The van der Waals surface area contributed by atoms with Crippen molar-refractivity contribution < 1.29 is 19.6 Å². The smallest absolute Gasteiger partial charge is 0.272 e. The molecule has 0 aromatic heterocycles. The molecule has 1 heterocycles. The fraction of sp³-hybridized carbons (Fsp3) is 0. The van der Waals surface area contributed by atoms with Crippen LogP contribution in [0.25, 0.3) is 0 Å². The van der Waals surface area contributed by atoms with Gasteiger partial charge in [-0.3, -0.25) is 20.2 Å². The average Bonchev–Trinajstić information content (AvgIpc) is 1.85. The summed E-state index contributed by atoms with van der Waals surface area (Å²) >= 11 is 0. The Labute approximate surface area is 60.1 Å². The molecule has 1 rings (SSSR count). The lowest BCUT2D eigenvalue weighted by molar-refractivity contribution is -0.119. The predicted molar refractivity (Wildman–Crippen MR) is 29.8 cm³/mol. The zero-order valence-corrected chi connectivity index (χ0v) is 5.08. The first-order valence-electron chi connectivity index (χ1n) is 2.52. The molecule has 1 radical (unpaired) electrons. The van der Waals surface area contributed by atoms with Crippen LogP contribution in [0.5, 0.6) is 0 Å². The summed E-state index contributed by atoms with van der Waals surface area (Å²) in [4.78, 5) is 31.4.